The van der Waals surface area contributed by atoms with Crippen LogP contribution in [0, 0.1) is 6.92 Å². The van der Waals surface area contributed by atoms with Crippen molar-refractivity contribution in [2.75, 3.05) is 0 Å². The summed E-state index contributed by atoms with van der Waals surface area (Å²) in [6.07, 6.45) is 3.88. The molecule has 0 aliphatic heterocycles. The van der Waals surface area contributed by atoms with E-state index >= 15 is 0 Å². The minimum atomic E-state index is 0.360. The number of hydrogen-bond donors (Lipinski definition) is 0. The average molecular weight is 293 g/mol. The lowest BCUT2D eigenvalue weighted by molar-refractivity contribution is 0.387. The summed E-state index contributed by atoms with van der Waals surface area (Å²) in [6, 6.07) is 7.92. The number of aromatic nitrogens is 5. The molecule has 0 saturated carbocycles. The molecule has 0 amide bonds. The Labute approximate surface area is 125 Å². The monoisotopic (exact) mass is 293 g/mol. The molecule has 3 aromatic heterocycles. The second kappa shape index (κ2) is 5.03. The number of rotatable bonds is 3. The van der Waals surface area contributed by atoms with Crippen molar-refractivity contribution in [3.8, 4) is 11.5 Å². The van der Waals surface area contributed by atoms with Crippen molar-refractivity contribution < 1.29 is 9.05 Å². The molecule has 0 saturated heterocycles. The Morgan fingerprint density at radius 2 is 1.77 bits per heavy atom. The zero-order valence-corrected chi connectivity index (χ0v) is 11.7. The second-order valence-electron chi connectivity index (χ2n) is 4.83. The van der Waals surface area contributed by atoms with E-state index < -0.39 is 0 Å². The first-order valence-corrected chi connectivity index (χ1v) is 6.74. The molecule has 0 N–H and O–H groups in total. The van der Waals surface area contributed by atoms with Gasteiger partial charge in [0.15, 0.2) is 11.6 Å². The molecule has 0 radical (unpaired) electrons. The van der Waals surface area contributed by atoms with Crippen LogP contribution in [-0.4, -0.2) is 25.3 Å². The fraction of sp³-hybridized carbons (Fsp3) is 0.133. The van der Waals surface area contributed by atoms with E-state index in [4.69, 9.17) is 9.05 Å². The average Bonchev–Trinajstić information content (AvgIpc) is 3.16. The Morgan fingerprint density at radius 3 is 2.64 bits per heavy atom. The zero-order chi connectivity index (χ0) is 14.9. The predicted molar refractivity (Wildman–Crippen MR) is 76.9 cm³/mol. The zero-order valence-electron chi connectivity index (χ0n) is 11.7. The standard InChI is InChI=1S/C15H11N5O2/c1-9-17-13(19-21-9)6-14-18-15(22-20-14)12-8-16-7-10-4-2-3-5-11(10)12/h2-5,7-8H,6H2,1H3. The van der Waals surface area contributed by atoms with Crippen LogP contribution in [0.25, 0.3) is 22.2 Å². The van der Waals surface area contributed by atoms with Crippen molar-refractivity contribution in [1.29, 1.82) is 0 Å². The number of aryl methyl sites for hydroxylation is 1. The second-order valence-corrected chi connectivity index (χ2v) is 4.83. The molecule has 0 aliphatic carbocycles. The summed E-state index contributed by atoms with van der Waals surface area (Å²) in [4.78, 5) is 12.7. The Kier molecular flexibility index (Phi) is 2.89. The lowest BCUT2D eigenvalue weighted by Gasteiger charge is -2.00. The lowest BCUT2D eigenvalue weighted by Crippen LogP contribution is -1.93. The molecule has 0 aliphatic rings. The topological polar surface area (TPSA) is 90.7 Å². The van der Waals surface area contributed by atoms with Gasteiger partial charge >= 0.3 is 0 Å². The van der Waals surface area contributed by atoms with Gasteiger partial charge in [-0.25, -0.2) is 0 Å². The Balaban J connectivity index is 1.71. The van der Waals surface area contributed by atoms with E-state index in [9.17, 15) is 0 Å². The van der Waals surface area contributed by atoms with Crippen molar-refractivity contribution in [2.24, 2.45) is 0 Å². The number of nitrogens with zero attached hydrogens (tertiary/aromatic N) is 5. The summed E-state index contributed by atoms with van der Waals surface area (Å²) < 4.78 is 10.3. The van der Waals surface area contributed by atoms with Gasteiger partial charge in [0.1, 0.15) is 0 Å². The first kappa shape index (κ1) is 12.6. The predicted octanol–water partition coefficient (Wildman–Crippen LogP) is 2.57. The molecular formula is C15H11N5O2. The van der Waals surface area contributed by atoms with Crippen LogP contribution in [0.15, 0.2) is 45.7 Å². The summed E-state index contributed by atoms with van der Waals surface area (Å²) in [5.41, 5.74) is 0.807. The van der Waals surface area contributed by atoms with Crippen LogP contribution in [0.3, 0.4) is 0 Å². The van der Waals surface area contributed by atoms with Crippen LogP contribution in [0.2, 0.25) is 0 Å². The third-order valence-corrected chi connectivity index (χ3v) is 3.25. The molecule has 7 heteroatoms. The summed E-state index contributed by atoms with van der Waals surface area (Å²) in [5, 5.41) is 9.83. The third kappa shape index (κ3) is 2.22. The van der Waals surface area contributed by atoms with Gasteiger partial charge in [-0.1, -0.05) is 34.6 Å². The summed E-state index contributed by atoms with van der Waals surface area (Å²) >= 11 is 0. The van der Waals surface area contributed by atoms with Gasteiger partial charge in [0.25, 0.3) is 5.89 Å². The van der Waals surface area contributed by atoms with E-state index in [1.165, 1.54) is 0 Å². The maximum atomic E-state index is 5.35. The molecule has 0 fully saturated rings. The molecule has 108 valence electrons. The summed E-state index contributed by atoms with van der Waals surface area (Å²) in [7, 11) is 0. The molecule has 0 bridgehead atoms. The van der Waals surface area contributed by atoms with E-state index in [2.05, 4.69) is 25.3 Å². The minimum Gasteiger partial charge on any atom is -0.340 e. The van der Waals surface area contributed by atoms with Crippen LogP contribution < -0.4 is 0 Å². The quantitative estimate of drug-likeness (QED) is 0.573. The van der Waals surface area contributed by atoms with Crippen molar-refractivity contribution in [2.45, 2.75) is 13.3 Å². The maximum absolute atomic E-state index is 5.35. The van der Waals surface area contributed by atoms with E-state index in [0.717, 1.165) is 16.3 Å². The van der Waals surface area contributed by atoms with Gasteiger partial charge in [-0.3, -0.25) is 4.98 Å². The molecule has 0 spiro atoms. The first-order chi connectivity index (χ1) is 10.8. The summed E-state index contributed by atoms with van der Waals surface area (Å²) in [6.45, 7) is 1.74. The highest BCUT2D eigenvalue weighted by atomic mass is 16.5. The van der Waals surface area contributed by atoms with Gasteiger partial charge in [0.2, 0.25) is 5.89 Å². The van der Waals surface area contributed by atoms with Crippen molar-refractivity contribution >= 4 is 10.8 Å². The largest absolute Gasteiger partial charge is 0.340 e. The van der Waals surface area contributed by atoms with Crippen LogP contribution in [0.5, 0.6) is 0 Å². The van der Waals surface area contributed by atoms with E-state index in [-0.39, 0.29) is 0 Å². The van der Waals surface area contributed by atoms with Gasteiger partial charge in [0.05, 0.1) is 12.0 Å². The maximum Gasteiger partial charge on any atom is 0.260 e. The number of pyridine rings is 1. The molecule has 3 heterocycles. The molecule has 7 nitrogen and oxygen atoms in total. The molecule has 4 rings (SSSR count). The molecule has 1 aromatic carbocycles. The van der Waals surface area contributed by atoms with Crippen molar-refractivity contribution in [3.05, 3.63) is 54.2 Å². The Bertz CT molecular complexity index is 938. The fourth-order valence-electron chi connectivity index (χ4n) is 2.28. The van der Waals surface area contributed by atoms with Gasteiger partial charge in [-0.05, 0) is 5.39 Å². The Morgan fingerprint density at radius 1 is 0.955 bits per heavy atom. The minimum absolute atomic E-state index is 0.360. The van der Waals surface area contributed by atoms with Crippen LogP contribution >= 0.6 is 0 Å². The number of hydrogen-bond acceptors (Lipinski definition) is 7. The smallest absolute Gasteiger partial charge is 0.260 e. The molecule has 0 atom stereocenters. The number of fused-ring (bicyclic) bond motifs is 1. The van der Waals surface area contributed by atoms with Gasteiger partial charge in [-0.2, -0.15) is 9.97 Å². The van der Waals surface area contributed by atoms with Crippen LogP contribution in [-0.2, 0) is 6.42 Å². The van der Waals surface area contributed by atoms with E-state index in [0.29, 0.717) is 29.9 Å². The van der Waals surface area contributed by atoms with Crippen LogP contribution in [0.4, 0.5) is 0 Å². The molecular weight excluding hydrogens is 282 g/mol. The van der Waals surface area contributed by atoms with E-state index in [1.54, 1.807) is 19.3 Å². The summed E-state index contributed by atoms with van der Waals surface area (Å²) in [5.74, 6) is 1.97. The van der Waals surface area contributed by atoms with Gasteiger partial charge in [-0.15, -0.1) is 0 Å². The highest BCUT2D eigenvalue weighted by molar-refractivity contribution is 5.93. The number of benzene rings is 1. The van der Waals surface area contributed by atoms with Crippen molar-refractivity contribution in [3.63, 3.8) is 0 Å². The third-order valence-electron chi connectivity index (χ3n) is 3.25. The first-order valence-electron chi connectivity index (χ1n) is 6.74. The normalized spacial score (nSPS) is 11.1. The van der Waals surface area contributed by atoms with Crippen molar-refractivity contribution in [1.82, 2.24) is 25.3 Å². The molecule has 0 unspecified atom stereocenters. The Hall–Kier alpha value is -3.09. The van der Waals surface area contributed by atoms with Gasteiger partial charge in [0, 0.05) is 24.7 Å². The highest BCUT2D eigenvalue weighted by Gasteiger charge is 2.14. The fourth-order valence-corrected chi connectivity index (χ4v) is 2.28. The molecule has 4 aromatic rings. The SMILES string of the molecule is Cc1nc(Cc2noc(-c3cncc4ccccc34)n2)no1. The van der Waals surface area contributed by atoms with E-state index in [1.807, 2.05) is 24.3 Å². The van der Waals surface area contributed by atoms with Gasteiger partial charge < -0.3 is 9.05 Å². The molecule has 22 heavy (non-hydrogen) atoms. The highest BCUT2D eigenvalue weighted by Crippen LogP contribution is 2.26. The lowest BCUT2D eigenvalue weighted by atomic mass is 10.1. The van der Waals surface area contributed by atoms with Crippen LogP contribution in [0.1, 0.15) is 17.5 Å².